The van der Waals surface area contributed by atoms with Gasteiger partial charge in [-0.1, -0.05) is 15.9 Å². The molecule has 0 fully saturated rings. The van der Waals surface area contributed by atoms with Crippen molar-refractivity contribution in [1.29, 1.82) is 0 Å². The van der Waals surface area contributed by atoms with Crippen LogP contribution in [0, 0.1) is 0 Å². The first-order valence-electron chi connectivity index (χ1n) is 14.3. The standard InChI is InChI=1S/C15H20N2O5S.C13H16N2O2.C2H5BrO3S.2Na.H2/c1-11(18)16-6-5-12-10-17(7-8-23(19,20)21)15-4-3-13(22-2)9-14(12)15;1-9(16)14-6-5-10-8-15-13-4-3-11(17-2)7-12(10)13;3-1-2-7(4,5)6;;;/h3-4,9-10H,5-8H2,1-2H3,(H,16,18)(H,19,20,21);3-4,7-8,15H,5-6H2,1-2H3,(H,14,16);1-2H2,(H,4,5,6);;;1H/q;;;2*+1;/p-2. The van der Waals surface area contributed by atoms with Crippen molar-refractivity contribution >= 4 is 69.8 Å². The largest absolute Gasteiger partial charge is 1.00 e. The molecule has 0 saturated heterocycles. The number of nitrogens with zero attached hydrogens (tertiary/aromatic N) is 1. The number of aryl methyl sites for hydroxylation is 1. The summed E-state index contributed by atoms with van der Waals surface area (Å²) in [5.41, 5.74) is 4.06. The summed E-state index contributed by atoms with van der Waals surface area (Å²) in [7, 11) is -5.02. The van der Waals surface area contributed by atoms with Crippen LogP contribution in [0.5, 0.6) is 11.5 Å². The zero-order chi connectivity index (χ0) is 35.2. The molecular weight excluding hydrogens is 766 g/mol. The molecule has 0 aliphatic heterocycles. The van der Waals surface area contributed by atoms with E-state index in [0.29, 0.717) is 25.3 Å². The number of amides is 2. The molecule has 0 radical (unpaired) electrons. The number of alkyl halides is 1. The molecule has 0 spiro atoms. The van der Waals surface area contributed by atoms with Gasteiger partial charge in [0.2, 0.25) is 11.8 Å². The third-order valence-electron chi connectivity index (χ3n) is 6.59. The first-order chi connectivity index (χ1) is 22.1. The maximum absolute atomic E-state index is 11.0. The van der Waals surface area contributed by atoms with Crippen molar-refractivity contribution in [3.63, 3.8) is 0 Å². The molecule has 4 rings (SSSR count). The molecule has 0 aliphatic rings. The minimum atomic E-state index is -4.28. The molecule has 0 saturated carbocycles. The molecule has 0 aliphatic carbocycles. The van der Waals surface area contributed by atoms with Gasteiger partial charge in [-0.2, -0.15) is 0 Å². The Balaban J connectivity index is 0. The molecule has 0 bridgehead atoms. The van der Waals surface area contributed by atoms with Gasteiger partial charge in [-0.25, -0.2) is 16.8 Å². The molecule has 2 heterocycles. The molecule has 49 heavy (non-hydrogen) atoms. The number of ether oxygens (including phenoxy) is 2. The van der Waals surface area contributed by atoms with E-state index in [-0.39, 0.29) is 90.0 Å². The third kappa shape index (κ3) is 17.9. The number of carbonyl (C=O) groups is 2. The van der Waals surface area contributed by atoms with Gasteiger partial charge in [0.15, 0.2) is 0 Å². The molecule has 2 aromatic heterocycles. The fraction of sp³-hybridized carbons (Fsp3) is 0.400. The van der Waals surface area contributed by atoms with E-state index in [1.807, 2.05) is 42.7 Å². The minimum Gasteiger partial charge on any atom is -0.748 e. The molecule has 14 nitrogen and oxygen atoms in total. The normalized spacial score (nSPS) is 10.8. The van der Waals surface area contributed by atoms with Crippen LogP contribution in [0.1, 0.15) is 26.4 Å². The Morgan fingerprint density at radius 2 is 1.35 bits per heavy atom. The maximum atomic E-state index is 11.0. The van der Waals surface area contributed by atoms with Gasteiger partial charge in [-0.3, -0.25) is 9.59 Å². The summed E-state index contributed by atoms with van der Waals surface area (Å²) in [5, 5.41) is 7.80. The van der Waals surface area contributed by atoms with Crippen molar-refractivity contribution in [3.8, 4) is 11.5 Å². The van der Waals surface area contributed by atoms with Crippen LogP contribution in [0.3, 0.4) is 0 Å². The average molecular weight is 808 g/mol. The van der Waals surface area contributed by atoms with Crippen LogP contribution in [0.4, 0.5) is 0 Å². The molecule has 19 heteroatoms. The summed E-state index contributed by atoms with van der Waals surface area (Å²) in [6.07, 6.45) is 5.20. The summed E-state index contributed by atoms with van der Waals surface area (Å²) in [6, 6.07) is 11.4. The number of hydrogen-bond donors (Lipinski definition) is 3. The Labute approximate surface area is 341 Å². The van der Waals surface area contributed by atoms with Crippen LogP contribution in [-0.2, 0) is 49.2 Å². The Kier molecular flexibility index (Phi) is 22.3. The van der Waals surface area contributed by atoms with Crippen molar-refractivity contribution in [1.82, 2.24) is 20.2 Å². The Morgan fingerprint density at radius 1 is 0.837 bits per heavy atom. The van der Waals surface area contributed by atoms with Gasteiger partial charge in [0, 0.05) is 80.2 Å². The van der Waals surface area contributed by atoms with Gasteiger partial charge in [-0.15, -0.1) is 0 Å². The van der Waals surface area contributed by atoms with Crippen LogP contribution in [0.25, 0.3) is 21.8 Å². The summed E-state index contributed by atoms with van der Waals surface area (Å²) >= 11 is 2.81. The van der Waals surface area contributed by atoms with E-state index in [1.165, 1.54) is 19.4 Å². The molecule has 4 aromatic rings. The van der Waals surface area contributed by atoms with Crippen molar-refractivity contribution < 1.29 is 106 Å². The number of benzene rings is 2. The predicted molar refractivity (Wildman–Crippen MR) is 183 cm³/mol. The van der Waals surface area contributed by atoms with Gasteiger partial charge in [0.05, 0.1) is 40.2 Å². The maximum Gasteiger partial charge on any atom is 1.00 e. The molecule has 0 unspecified atom stereocenters. The number of nitrogens with one attached hydrogen (secondary N) is 3. The van der Waals surface area contributed by atoms with Crippen molar-refractivity contribution in [3.05, 3.63) is 59.9 Å². The van der Waals surface area contributed by atoms with Gasteiger partial charge in [0.25, 0.3) is 0 Å². The number of carbonyl (C=O) groups excluding carboxylic acids is 2. The molecule has 262 valence electrons. The summed E-state index contributed by atoms with van der Waals surface area (Å²) in [5.74, 6) is 0.637. The number of aromatic nitrogens is 2. The number of aromatic amines is 1. The summed E-state index contributed by atoms with van der Waals surface area (Å²) in [6.45, 7) is 4.20. The fourth-order valence-electron chi connectivity index (χ4n) is 4.40. The van der Waals surface area contributed by atoms with Crippen LogP contribution in [-0.4, -0.2) is 91.5 Å². The van der Waals surface area contributed by atoms with Crippen LogP contribution in [0.15, 0.2) is 48.8 Å². The number of fused-ring (bicyclic) bond motifs is 2. The van der Waals surface area contributed by atoms with Crippen LogP contribution < -0.4 is 79.2 Å². The smallest absolute Gasteiger partial charge is 0.748 e. The minimum absolute atomic E-state index is 0. The van der Waals surface area contributed by atoms with E-state index in [4.69, 9.17) is 9.47 Å². The molecular formula is C30H41BrN4Na2O10S2. The fourth-order valence-corrected chi connectivity index (χ4v) is 6.20. The molecule has 2 amide bonds. The number of halogens is 1. The van der Waals surface area contributed by atoms with Crippen molar-refractivity contribution in [2.24, 2.45) is 0 Å². The number of H-pyrrole nitrogens is 1. The van der Waals surface area contributed by atoms with E-state index in [9.17, 15) is 35.5 Å². The van der Waals surface area contributed by atoms with Gasteiger partial charge < -0.3 is 38.8 Å². The second-order valence-electron chi connectivity index (χ2n) is 10.1. The number of methoxy groups -OCH3 is 2. The van der Waals surface area contributed by atoms with E-state index < -0.39 is 26.0 Å². The summed E-state index contributed by atoms with van der Waals surface area (Å²) in [4.78, 5) is 25.0. The second-order valence-corrected chi connectivity index (χ2v) is 14.0. The predicted octanol–water partition coefficient (Wildman–Crippen LogP) is -3.09. The van der Waals surface area contributed by atoms with Crippen molar-refractivity contribution in [2.75, 3.05) is 44.1 Å². The van der Waals surface area contributed by atoms with E-state index >= 15 is 0 Å². The quantitative estimate of drug-likeness (QED) is 0.0704. The van der Waals surface area contributed by atoms with Crippen LogP contribution >= 0.6 is 15.9 Å². The van der Waals surface area contributed by atoms with E-state index in [1.54, 1.807) is 24.9 Å². The number of rotatable bonds is 13. The molecule has 2 aromatic carbocycles. The molecule has 3 N–H and O–H groups in total. The average Bonchev–Trinajstić information content (AvgIpc) is 3.55. The van der Waals surface area contributed by atoms with Gasteiger partial charge in [0.1, 0.15) is 11.5 Å². The van der Waals surface area contributed by atoms with E-state index in [0.717, 1.165) is 39.5 Å². The Hall–Kier alpha value is -1.64. The van der Waals surface area contributed by atoms with Crippen molar-refractivity contribution in [2.45, 2.75) is 33.2 Å². The Bertz CT molecular complexity index is 1870. The van der Waals surface area contributed by atoms with Crippen LogP contribution in [0.2, 0.25) is 0 Å². The SMILES string of the molecule is COc1ccc2[nH]cc(CCNC(C)=O)c2c1.COc1ccc2c(c1)c(CCNC(C)=O)cn2CCS(=O)(=O)[O-].O=S(=O)([O-])CCBr.[HH].[Na+].[Na+]. The molecule has 0 atom stereocenters. The topological polar surface area (TPSA) is 212 Å². The zero-order valence-corrected chi connectivity index (χ0v) is 35.7. The first kappa shape index (κ1) is 47.4. The third-order valence-corrected chi connectivity index (χ3v) is 8.90. The number of hydrogen-bond acceptors (Lipinski definition) is 10. The zero-order valence-electron chi connectivity index (χ0n) is 28.5. The first-order valence-corrected chi connectivity index (χ1v) is 18.6. The van der Waals surface area contributed by atoms with Gasteiger partial charge in [-0.05, 0) is 60.4 Å². The van der Waals surface area contributed by atoms with Gasteiger partial charge >= 0.3 is 59.1 Å². The summed E-state index contributed by atoms with van der Waals surface area (Å²) < 4.78 is 73.7. The Morgan fingerprint density at radius 3 is 1.82 bits per heavy atom. The van der Waals surface area contributed by atoms with E-state index in [2.05, 4.69) is 31.5 Å². The second kappa shape index (κ2) is 23.0. The monoisotopic (exact) mass is 806 g/mol.